The van der Waals surface area contributed by atoms with Gasteiger partial charge in [-0.2, -0.15) is 0 Å². The molecule has 0 aromatic heterocycles. The van der Waals surface area contributed by atoms with Crippen LogP contribution in [0.25, 0.3) is 10.8 Å². The van der Waals surface area contributed by atoms with E-state index in [1.165, 1.54) is 0 Å². The second-order valence-corrected chi connectivity index (χ2v) is 8.50. The Hall–Kier alpha value is -2.44. The van der Waals surface area contributed by atoms with E-state index in [1.54, 1.807) is 6.07 Å². The zero-order valence-electron chi connectivity index (χ0n) is 17.7. The van der Waals surface area contributed by atoms with Gasteiger partial charge in [0.15, 0.2) is 0 Å². The van der Waals surface area contributed by atoms with E-state index in [0.717, 1.165) is 23.9 Å². The molecule has 2 amide bonds. The number of fused-ring (bicyclic) bond motifs is 1. The Balaban J connectivity index is 1.49. The van der Waals surface area contributed by atoms with Crippen molar-refractivity contribution in [1.82, 2.24) is 15.5 Å². The number of carbonyl (C=O) groups is 2. The SMILES string of the molecule is C[C@@H]1CN(C(C)(C)CNC(=O)CNC(=O)c2ccc3ccccc3c2)C[C@H](C)O1. The van der Waals surface area contributed by atoms with Gasteiger partial charge < -0.3 is 15.4 Å². The molecule has 1 saturated heterocycles. The summed E-state index contributed by atoms with van der Waals surface area (Å²) in [5.74, 6) is -0.442. The van der Waals surface area contributed by atoms with Gasteiger partial charge in [-0.25, -0.2) is 0 Å². The lowest BCUT2D eigenvalue weighted by Gasteiger charge is -2.45. The third-order valence-electron chi connectivity index (χ3n) is 5.41. The van der Waals surface area contributed by atoms with Crippen molar-refractivity contribution < 1.29 is 14.3 Å². The lowest BCUT2D eigenvalue weighted by atomic mass is 10.00. The van der Waals surface area contributed by atoms with Crippen LogP contribution in [-0.2, 0) is 9.53 Å². The van der Waals surface area contributed by atoms with Gasteiger partial charge in [0.05, 0.1) is 18.8 Å². The summed E-state index contributed by atoms with van der Waals surface area (Å²) in [6, 6.07) is 13.4. The molecule has 1 aliphatic rings. The highest BCUT2D eigenvalue weighted by Gasteiger charge is 2.33. The Morgan fingerprint density at radius 1 is 1.03 bits per heavy atom. The Morgan fingerprint density at radius 3 is 2.38 bits per heavy atom. The predicted molar refractivity (Wildman–Crippen MR) is 115 cm³/mol. The summed E-state index contributed by atoms with van der Waals surface area (Å²) in [4.78, 5) is 27.0. The molecule has 2 aromatic carbocycles. The highest BCUT2D eigenvalue weighted by molar-refractivity contribution is 5.99. The molecule has 2 N–H and O–H groups in total. The number of ether oxygens (including phenoxy) is 1. The zero-order valence-corrected chi connectivity index (χ0v) is 17.7. The van der Waals surface area contributed by atoms with Crippen LogP contribution in [0, 0.1) is 0 Å². The van der Waals surface area contributed by atoms with E-state index in [0.29, 0.717) is 12.1 Å². The van der Waals surface area contributed by atoms with Gasteiger partial charge in [-0.15, -0.1) is 0 Å². The van der Waals surface area contributed by atoms with Gasteiger partial charge in [0.25, 0.3) is 5.91 Å². The normalized spacial score (nSPS) is 20.4. The second kappa shape index (κ2) is 8.93. The van der Waals surface area contributed by atoms with E-state index in [9.17, 15) is 9.59 Å². The molecule has 2 aromatic rings. The summed E-state index contributed by atoms with van der Waals surface area (Å²) >= 11 is 0. The number of nitrogens with one attached hydrogen (secondary N) is 2. The van der Waals surface area contributed by atoms with Crippen LogP contribution in [0.3, 0.4) is 0 Å². The maximum absolute atomic E-state index is 12.4. The largest absolute Gasteiger partial charge is 0.373 e. The van der Waals surface area contributed by atoms with Gasteiger partial charge in [-0.1, -0.05) is 30.3 Å². The first kappa shape index (κ1) is 21.3. The van der Waals surface area contributed by atoms with E-state index >= 15 is 0 Å². The Kier molecular flexibility index (Phi) is 6.55. The molecular weight excluding hydrogens is 366 g/mol. The molecule has 1 fully saturated rings. The summed E-state index contributed by atoms with van der Waals surface area (Å²) in [5, 5.41) is 7.74. The number of nitrogens with zero attached hydrogens (tertiary/aromatic N) is 1. The lowest BCUT2D eigenvalue weighted by Crippen LogP contribution is -2.59. The van der Waals surface area contributed by atoms with Gasteiger partial charge in [0.2, 0.25) is 5.91 Å². The molecule has 3 rings (SSSR count). The van der Waals surface area contributed by atoms with E-state index < -0.39 is 0 Å². The molecule has 6 heteroatoms. The van der Waals surface area contributed by atoms with Crippen LogP contribution >= 0.6 is 0 Å². The molecule has 2 atom stereocenters. The summed E-state index contributed by atoms with van der Waals surface area (Å²) in [7, 11) is 0. The van der Waals surface area contributed by atoms with Crippen LogP contribution in [0.4, 0.5) is 0 Å². The average molecular weight is 398 g/mol. The standard InChI is InChI=1S/C23H31N3O3/c1-16-13-26(14-17(2)29-16)23(3,4)15-25-21(27)12-24-22(28)20-10-9-18-7-5-6-8-19(18)11-20/h5-11,16-17H,12-15H2,1-4H3,(H,24,28)(H,25,27)/t16-,17+. The number of hydrogen-bond donors (Lipinski definition) is 2. The third-order valence-corrected chi connectivity index (χ3v) is 5.41. The van der Waals surface area contributed by atoms with Crippen molar-refractivity contribution in [3.05, 3.63) is 48.0 Å². The third kappa shape index (κ3) is 5.55. The van der Waals surface area contributed by atoms with E-state index in [4.69, 9.17) is 4.74 Å². The minimum absolute atomic E-state index is 0.0440. The molecule has 29 heavy (non-hydrogen) atoms. The van der Waals surface area contributed by atoms with Crippen molar-refractivity contribution in [2.45, 2.75) is 45.4 Å². The molecule has 0 bridgehead atoms. The highest BCUT2D eigenvalue weighted by Crippen LogP contribution is 2.20. The van der Waals surface area contributed by atoms with Gasteiger partial charge in [-0.05, 0) is 50.6 Å². The minimum atomic E-state index is -0.249. The Morgan fingerprint density at radius 2 is 1.69 bits per heavy atom. The van der Waals surface area contributed by atoms with Crippen LogP contribution in [-0.4, -0.2) is 60.6 Å². The van der Waals surface area contributed by atoms with Crippen LogP contribution < -0.4 is 10.6 Å². The quantitative estimate of drug-likeness (QED) is 0.786. The molecule has 0 saturated carbocycles. The average Bonchev–Trinajstić information content (AvgIpc) is 2.69. The molecule has 1 heterocycles. The number of benzene rings is 2. The monoisotopic (exact) mass is 397 g/mol. The maximum atomic E-state index is 12.4. The fourth-order valence-electron chi connectivity index (χ4n) is 3.75. The lowest BCUT2D eigenvalue weighted by molar-refractivity contribution is -0.122. The number of carbonyl (C=O) groups excluding carboxylic acids is 2. The molecule has 0 aliphatic carbocycles. The zero-order chi connectivity index (χ0) is 21.0. The minimum Gasteiger partial charge on any atom is -0.373 e. The van der Waals surface area contributed by atoms with Crippen LogP contribution in [0.2, 0.25) is 0 Å². The molecule has 156 valence electrons. The Labute approximate surface area is 172 Å². The van der Waals surface area contributed by atoms with Gasteiger partial charge in [0, 0.05) is 30.7 Å². The number of hydrogen-bond acceptors (Lipinski definition) is 4. The van der Waals surface area contributed by atoms with Crippen molar-refractivity contribution in [1.29, 1.82) is 0 Å². The molecule has 0 radical (unpaired) electrons. The van der Waals surface area contributed by atoms with Gasteiger partial charge in [0.1, 0.15) is 0 Å². The molecule has 6 nitrogen and oxygen atoms in total. The number of amides is 2. The number of rotatable bonds is 6. The highest BCUT2D eigenvalue weighted by atomic mass is 16.5. The van der Waals surface area contributed by atoms with Crippen LogP contribution in [0.15, 0.2) is 42.5 Å². The molecule has 0 unspecified atom stereocenters. The maximum Gasteiger partial charge on any atom is 0.251 e. The fraction of sp³-hybridized carbons (Fsp3) is 0.478. The fourth-order valence-corrected chi connectivity index (χ4v) is 3.75. The first-order valence-electron chi connectivity index (χ1n) is 10.2. The Bertz CT molecular complexity index is 871. The van der Waals surface area contributed by atoms with Crippen molar-refractivity contribution in [3.63, 3.8) is 0 Å². The predicted octanol–water partition coefficient (Wildman–Crippen LogP) is 2.57. The van der Waals surface area contributed by atoms with E-state index in [1.807, 2.05) is 36.4 Å². The molecule has 0 spiro atoms. The summed E-state index contributed by atoms with van der Waals surface area (Å²) in [6.45, 7) is 10.5. The summed E-state index contributed by atoms with van der Waals surface area (Å²) in [5.41, 5.74) is 0.359. The summed E-state index contributed by atoms with van der Waals surface area (Å²) in [6.07, 6.45) is 0.352. The molecule has 1 aliphatic heterocycles. The summed E-state index contributed by atoms with van der Waals surface area (Å²) < 4.78 is 5.79. The van der Waals surface area contributed by atoms with E-state index in [-0.39, 0.29) is 36.1 Å². The van der Waals surface area contributed by atoms with Crippen molar-refractivity contribution in [2.24, 2.45) is 0 Å². The van der Waals surface area contributed by atoms with Crippen LogP contribution in [0.5, 0.6) is 0 Å². The smallest absolute Gasteiger partial charge is 0.251 e. The number of morpholine rings is 1. The van der Waals surface area contributed by atoms with Crippen molar-refractivity contribution in [2.75, 3.05) is 26.2 Å². The van der Waals surface area contributed by atoms with Crippen LogP contribution in [0.1, 0.15) is 38.1 Å². The van der Waals surface area contributed by atoms with Gasteiger partial charge >= 0.3 is 0 Å². The first-order chi connectivity index (χ1) is 13.7. The first-order valence-corrected chi connectivity index (χ1v) is 10.2. The van der Waals surface area contributed by atoms with E-state index in [2.05, 4.69) is 43.2 Å². The van der Waals surface area contributed by atoms with Gasteiger partial charge in [-0.3, -0.25) is 14.5 Å². The van der Waals surface area contributed by atoms with Crippen molar-refractivity contribution in [3.8, 4) is 0 Å². The second-order valence-electron chi connectivity index (χ2n) is 8.50. The molecular formula is C23H31N3O3. The van der Waals surface area contributed by atoms with Crippen molar-refractivity contribution >= 4 is 22.6 Å². The topological polar surface area (TPSA) is 70.7 Å².